The predicted molar refractivity (Wildman–Crippen MR) is 72.2 cm³/mol. The van der Waals surface area contributed by atoms with E-state index in [0.29, 0.717) is 0 Å². The summed E-state index contributed by atoms with van der Waals surface area (Å²) in [6.45, 7) is 0. The summed E-state index contributed by atoms with van der Waals surface area (Å²) < 4.78 is 0. The van der Waals surface area contributed by atoms with Crippen LogP contribution in [0.5, 0.6) is 0 Å². The summed E-state index contributed by atoms with van der Waals surface area (Å²) in [5.74, 6) is -2.07. The van der Waals surface area contributed by atoms with Crippen LogP contribution in [0.1, 0.15) is 36.8 Å². The number of hydrogen-bond donors (Lipinski definition) is 1. The first-order valence-electron chi connectivity index (χ1n) is 7.06. The zero-order chi connectivity index (χ0) is 15.8. The summed E-state index contributed by atoms with van der Waals surface area (Å²) in [6.07, 6.45) is 3.75. The molecule has 1 aromatic carbocycles. The number of hydrogen-bond acceptors (Lipinski definition) is 5. The molecule has 2 aliphatic heterocycles. The molecule has 1 N–H and O–H groups in total. The van der Waals surface area contributed by atoms with Gasteiger partial charge >= 0.3 is 35.5 Å². The van der Waals surface area contributed by atoms with E-state index in [1.807, 2.05) is 24.3 Å². The molecule has 0 saturated carbocycles. The third-order valence-electron chi connectivity index (χ3n) is 4.21. The second-order valence-corrected chi connectivity index (χ2v) is 5.59. The minimum absolute atomic E-state index is 0. The number of carbonyl (C=O) groups excluding carboxylic acids is 1. The number of aliphatic carboxylic acids is 2. The molecule has 0 amide bonds. The summed E-state index contributed by atoms with van der Waals surface area (Å²) in [6, 6.07) is 7.39. The topological polar surface area (TPSA) is 95.9 Å². The number of rotatable bonds is 6. The van der Waals surface area contributed by atoms with E-state index in [0.717, 1.165) is 11.1 Å². The van der Waals surface area contributed by atoms with Crippen molar-refractivity contribution in [3.63, 3.8) is 0 Å². The molecule has 116 valence electrons. The van der Waals surface area contributed by atoms with E-state index >= 15 is 0 Å². The smallest absolute Gasteiger partial charge is 0.550 e. The van der Waals surface area contributed by atoms with Crippen LogP contribution < -0.4 is 34.7 Å². The average Bonchev–Trinajstić information content (AvgIpc) is 2.53. The molecule has 7 heteroatoms. The van der Waals surface area contributed by atoms with E-state index in [-0.39, 0.29) is 55.2 Å². The quantitative estimate of drug-likeness (QED) is 0.369. The van der Waals surface area contributed by atoms with Crippen molar-refractivity contribution in [2.75, 3.05) is 0 Å². The number of carbonyl (C=O) groups is 2. The minimum atomic E-state index is -1.16. The Morgan fingerprint density at radius 3 is 1.87 bits per heavy atom. The second-order valence-electron chi connectivity index (χ2n) is 5.59. The molecule has 0 spiro atoms. The molecule has 23 heavy (non-hydrogen) atoms. The van der Waals surface area contributed by atoms with Crippen LogP contribution >= 0.6 is 0 Å². The summed E-state index contributed by atoms with van der Waals surface area (Å²) in [7, 11) is 0. The molecule has 0 radical (unpaired) electrons. The van der Waals surface area contributed by atoms with Gasteiger partial charge in [0.05, 0.1) is 0 Å². The van der Waals surface area contributed by atoms with Crippen molar-refractivity contribution in [3.8, 4) is 0 Å². The molecule has 0 fully saturated rings. The molecule has 2 heterocycles. The Morgan fingerprint density at radius 1 is 1.00 bits per heavy atom. The largest absolute Gasteiger partial charge is 1.00 e. The van der Waals surface area contributed by atoms with Crippen molar-refractivity contribution < 1.29 is 59.1 Å². The van der Waals surface area contributed by atoms with Crippen molar-refractivity contribution in [1.82, 2.24) is 0 Å². The van der Waals surface area contributed by atoms with E-state index in [1.165, 1.54) is 0 Å². The summed E-state index contributed by atoms with van der Waals surface area (Å²) in [5, 5.41) is 19.7. The number of benzene rings is 1. The van der Waals surface area contributed by atoms with Gasteiger partial charge in [0, 0.05) is 12.4 Å². The Kier molecular flexibility index (Phi) is 5.33. The molecular formula is C16H15NaO6. The zero-order valence-electron chi connectivity index (χ0n) is 12.8. The van der Waals surface area contributed by atoms with Crippen molar-refractivity contribution >= 4 is 11.9 Å². The maximum absolute atomic E-state index is 10.9. The van der Waals surface area contributed by atoms with Gasteiger partial charge in [0.25, 0.3) is 0 Å². The molecule has 1 aliphatic carbocycles. The van der Waals surface area contributed by atoms with Crippen LogP contribution in [0.25, 0.3) is 0 Å². The fourth-order valence-electron chi connectivity index (χ4n) is 3.06. The maximum atomic E-state index is 10.9. The van der Waals surface area contributed by atoms with E-state index in [1.54, 1.807) is 12.2 Å². The van der Waals surface area contributed by atoms with Gasteiger partial charge in [-0.05, 0) is 42.5 Å². The van der Waals surface area contributed by atoms with Crippen molar-refractivity contribution in [2.24, 2.45) is 0 Å². The standard InChI is InChI=1S/C16H16O6.Na/c17-13(18)5-7-15-9-10-16(22-21-15,8-6-14(19)20)12-4-2-1-3-11(12)15;/h1-4,9-10H,5-8H2,(H,17,18)(H,19,20);/q;+1/p-1. The Balaban J connectivity index is 0.00000192. The Labute approximate surface area is 155 Å². The van der Waals surface area contributed by atoms with Crippen LogP contribution in [0.4, 0.5) is 0 Å². The molecule has 2 atom stereocenters. The molecule has 0 aromatic heterocycles. The Bertz CT molecular complexity index is 603. The van der Waals surface area contributed by atoms with Crippen LogP contribution in [-0.2, 0) is 30.6 Å². The van der Waals surface area contributed by atoms with Crippen molar-refractivity contribution in [3.05, 3.63) is 47.5 Å². The van der Waals surface area contributed by atoms with Crippen molar-refractivity contribution in [1.29, 1.82) is 0 Å². The summed E-state index contributed by atoms with van der Waals surface area (Å²) >= 11 is 0. The molecule has 2 unspecified atom stereocenters. The average molecular weight is 326 g/mol. The van der Waals surface area contributed by atoms with E-state index in [2.05, 4.69) is 0 Å². The second kappa shape index (κ2) is 6.75. The van der Waals surface area contributed by atoms with E-state index in [9.17, 15) is 14.7 Å². The monoisotopic (exact) mass is 326 g/mol. The van der Waals surface area contributed by atoms with Gasteiger partial charge in [-0.2, -0.15) is 0 Å². The van der Waals surface area contributed by atoms with E-state index in [4.69, 9.17) is 14.9 Å². The van der Waals surface area contributed by atoms with Crippen LogP contribution in [0.3, 0.4) is 0 Å². The van der Waals surface area contributed by atoms with Gasteiger partial charge < -0.3 is 15.0 Å². The predicted octanol–water partition coefficient (Wildman–Crippen LogP) is -1.99. The maximum Gasteiger partial charge on any atom is 1.00 e. The first kappa shape index (κ1) is 18.2. The van der Waals surface area contributed by atoms with Gasteiger partial charge in [-0.25, -0.2) is 9.78 Å². The van der Waals surface area contributed by atoms with Crippen molar-refractivity contribution in [2.45, 2.75) is 36.9 Å². The minimum Gasteiger partial charge on any atom is -0.550 e. The Morgan fingerprint density at radius 2 is 1.48 bits per heavy atom. The third kappa shape index (κ3) is 3.22. The molecule has 1 aromatic rings. The van der Waals surface area contributed by atoms with Gasteiger partial charge in [0.1, 0.15) is 11.2 Å². The molecular weight excluding hydrogens is 311 g/mol. The third-order valence-corrected chi connectivity index (χ3v) is 4.21. The molecule has 3 aliphatic rings. The van der Waals surface area contributed by atoms with Gasteiger partial charge in [-0.3, -0.25) is 4.79 Å². The summed E-state index contributed by atoms with van der Waals surface area (Å²) in [5.41, 5.74) is -0.251. The normalized spacial score (nSPS) is 27.1. The van der Waals surface area contributed by atoms with Gasteiger partial charge in [-0.15, -0.1) is 0 Å². The van der Waals surface area contributed by atoms with Gasteiger partial charge in [0.15, 0.2) is 0 Å². The molecule has 2 bridgehead atoms. The SMILES string of the molecule is O=C([O-])CCC12C=CC(CCC(=O)O)(OO1)c1ccccc12.[Na+]. The first-order valence-corrected chi connectivity index (χ1v) is 7.06. The van der Waals surface area contributed by atoms with Crippen LogP contribution in [0.2, 0.25) is 0 Å². The van der Waals surface area contributed by atoms with Gasteiger partial charge in [0.2, 0.25) is 0 Å². The van der Waals surface area contributed by atoms with Crippen LogP contribution in [0, 0.1) is 0 Å². The van der Waals surface area contributed by atoms with Crippen LogP contribution in [-0.4, -0.2) is 17.0 Å². The number of fused-ring (bicyclic) bond motifs is 1. The fraction of sp³-hybridized carbons (Fsp3) is 0.375. The molecule has 6 nitrogen and oxygen atoms in total. The first-order chi connectivity index (χ1) is 10.5. The fourth-order valence-corrected chi connectivity index (χ4v) is 3.06. The Hall–Kier alpha value is -1.18. The summed E-state index contributed by atoms with van der Waals surface area (Å²) in [4.78, 5) is 32.7. The van der Waals surface area contributed by atoms with E-state index < -0.39 is 23.1 Å². The number of carboxylic acid groups (broad SMARTS) is 2. The molecule has 4 rings (SSSR count). The van der Waals surface area contributed by atoms with Gasteiger partial charge in [-0.1, -0.05) is 24.3 Å². The van der Waals surface area contributed by atoms with Crippen LogP contribution in [0.15, 0.2) is 36.4 Å². The zero-order valence-corrected chi connectivity index (χ0v) is 14.8. The molecule has 0 saturated heterocycles. The number of carboxylic acids is 2.